The van der Waals surface area contributed by atoms with Crippen molar-refractivity contribution in [2.75, 3.05) is 11.6 Å². The van der Waals surface area contributed by atoms with E-state index >= 15 is 0 Å². The fourth-order valence-corrected chi connectivity index (χ4v) is 1.39. The lowest BCUT2D eigenvalue weighted by Crippen LogP contribution is -2.24. The van der Waals surface area contributed by atoms with Gasteiger partial charge in [0, 0.05) is 19.7 Å². The van der Waals surface area contributed by atoms with Crippen LogP contribution in [0.1, 0.15) is 20.3 Å². The molecule has 1 rings (SSSR count). The summed E-state index contributed by atoms with van der Waals surface area (Å²) in [6.07, 6.45) is 0.849. The maximum atomic E-state index is 4.40. The molecule has 1 aromatic carbocycles. The third-order valence-corrected chi connectivity index (χ3v) is 2.04. The molecule has 0 aliphatic heterocycles. The van der Waals surface area contributed by atoms with Gasteiger partial charge in [-0.2, -0.15) is 5.10 Å². The molecule has 15 heavy (non-hydrogen) atoms. The van der Waals surface area contributed by atoms with Crippen LogP contribution in [0.2, 0.25) is 0 Å². The van der Waals surface area contributed by atoms with E-state index in [0.29, 0.717) is 0 Å². The summed E-state index contributed by atoms with van der Waals surface area (Å²) in [5.74, 6) is 0.943. The number of anilines is 1. The average Bonchev–Trinajstić information content (AvgIpc) is 2.30. The second-order valence-electron chi connectivity index (χ2n) is 3.03. The lowest BCUT2D eigenvalue weighted by molar-refractivity contribution is 1.02. The van der Waals surface area contributed by atoms with Crippen molar-refractivity contribution in [3.05, 3.63) is 30.3 Å². The van der Waals surface area contributed by atoms with Crippen molar-refractivity contribution in [2.45, 2.75) is 20.3 Å². The van der Waals surface area contributed by atoms with Crippen LogP contribution in [-0.4, -0.2) is 19.1 Å². The average molecular weight is 203 g/mol. The Balaban J connectivity index is 2.98. The van der Waals surface area contributed by atoms with Crippen molar-refractivity contribution in [3.63, 3.8) is 0 Å². The van der Waals surface area contributed by atoms with E-state index in [0.717, 1.165) is 24.5 Å². The minimum atomic E-state index is 0.766. The Morgan fingerprint density at radius 3 is 2.40 bits per heavy atom. The molecular weight excluding hydrogens is 186 g/mol. The van der Waals surface area contributed by atoms with Crippen molar-refractivity contribution < 1.29 is 0 Å². The predicted octanol–water partition coefficient (Wildman–Crippen LogP) is 2.94. The zero-order chi connectivity index (χ0) is 11.1. The number of amidine groups is 1. The number of benzene rings is 1. The lowest BCUT2D eigenvalue weighted by Gasteiger charge is -2.19. The van der Waals surface area contributed by atoms with E-state index in [4.69, 9.17) is 0 Å². The molecule has 0 atom stereocenters. The van der Waals surface area contributed by atoms with Gasteiger partial charge in [-0.25, -0.2) is 5.01 Å². The minimum Gasteiger partial charge on any atom is -0.271 e. The minimum absolute atomic E-state index is 0.766. The SMILES string of the molecule is C=NN(C(CC)=NCC)c1ccccc1. The van der Waals surface area contributed by atoms with Gasteiger partial charge in [-0.3, -0.25) is 4.99 Å². The molecule has 0 saturated heterocycles. The number of nitrogens with zero attached hydrogens (tertiary/aromatic N) is 3. The van der Waals surface area contributed by atoms with Crippen LogP contribution in [-0.2, 0) is 0 Å². The summed E-state index contributed by atoms with van der Waals surface area (Å²) < 4.78 is 0. The molecule has 0 N–H and O–H groups in total. The van der Waals surface area contributed by atoms with Gasteiger partial charge in [-0.05, 0) is 19.1 Å². The van der Waals surface area contributed by atoms with E-state index < -0.39 is 0 Å². The Hall–Kier alpha value is -1.64. The third-order valence-electron chi connectivity index (χ3n) is 2.04. The molecule has 0 spiro atoms. The first-order chi connectivity index (χ1) is 7.33. The van der Waals surface area contributed by atoms with Gasteiger partial charge in [0.05, 0.1) is 5.69 Å². The second kappa shape index (κ2) is 5.96. The van der Waals surface area contributed by atoms with Crippen LogP contribution in [0.3, 0.4) is 0 Å². The molecule has 1 aromatic rings. The maximum Gasteiger partial charge on any atom is 0.125 e. The summed E-state index contributed by atoms with van der Waals surface area (Å²) in [7, 11) is 0. The summed E-state index contributed by atoms with van der Waals surface area (Å²) in [5.41, 5.74) is 1.00. The Morgan fingerprint density at radius 2 is 1.93 bits per heavy atom. The smallest absolute Gasteiger partial charge is 0.125 e. The number of para-hydroxylation sites is 1. The van der Waals surface area contributed by atoms with E-state index in [2.05, 4.69) is 23.7 Å². The highest BCUT2D eigenvalue weighted by molar-refractivity contribution is 5.97. The zero-order valence-corrected chi connectivity index (χ0v) is 9.35. The quantitative estimate of drug-likeness (QED) is 0.420. The van der Waals surface area contributed by atoms with E-state index in [9.17, 15) is 0 Å². The number of hydrogen-bond donors (Lipinski definition) is 0. The number of hydrazone groups is 1. The Bertz CT molecular complexity index is 330. The van der Waals surface area contributed by atoms with Gasteiger partial charge >= 0.3 is 0 Å². The van der Waals surface area contributed by atoms with Crippen LogP contribution in [0.5, 0.6) is 0 Å². The van der Waals surface area contributed by atoms with Crippen LogP contribution in [0.15, 0.2) is 40.4 Å². The first-order valence-electron chi connectivity index (χ1n) is 5.18. The maximum absolute atomic E-state index is 4.40. The zero-order valence-electron chi connectivity index (χ0n) is 9.35. The molecule has 3 nitrogen and oxygen atoms in total. The van der Waals surface area contributed by atoms with E-state index in [1.165, 1.54) is 0 Å². The van der Waals surface area contributed by atoms with Crippen molar-refractivity contribution in [3.8, 4) is 0 Å². The summed E-state index contributed by atoms with van der Waals surface area (Å²) in [6, 6.07) is 9.93. The van der Waals surface area contributed by atoms with Gasteiger partial charge in [0.2, 0.25) is 0 Å². The highest BCUT2D eigenvalue weighted by Crippen LogP contribution is 2.15. The molecule has 0 amide bonds. The molecular formula is C12H17N3. The summed E-state index contributed by atoms with van der Waals surface area (Å²) in [6.45, 7) is 8.43. The standard InChI is InChI=1S/C12H17N3/c1-4-12(14-5-2)15(13-3)11-9-7-6-8-10-11/h6-10H,3-5H2,1-2H3. The van der Waals surface area contributed by atoms with Gasteiger partial charge in [-0.15, -0.1) is 0 Å². The Kier molecular flexibility index (Phi) is 4.54. The van der Waals surface area contributed by atoms with Crippen LogP contribution in [0.25, 0.3) is 0 Å². The molecule has 3 heteroatoms. The molecule has 0 fully saturated rings. The summed E-state index contributed by atoms with van der Waals surface area (Å²) in [5, 5.41) is 5.78. The summed E-state index contributed by atoms with van der Waals surface area (Å²) in [4.78, 5) is 4.40. The van der Waals surface area contributed by atoms with Gasteiger partial charge in [0.1, 0.15) is 5.84 Å². The highest BCUT2D eigenvalue weighted by Gasteiger charge is 2.08. The monoisotopic (exact) mass is 203 g/mol. The third kappa shape index (κ3) is 2.91. The lowest BCUT2D eigenvalue weighted by atomic mass is 10.3. The first-order valence-corrected chi connectivity index (χ1v) is 5.18. The second-order valence-corrected chi connectivity index (χ2v) is 3.03. The molecule has 0 heterocycles. The molecule has 80 valence electrons. The molecule has 0 bridgehead atoms. The van der Waals surface area contributed by atoms with Gasteiger partial charge < -0.3 is 0 Å². The van der Waals surface area contributed by atoms with E-state index in [1.807, 2.05) is 37.3 Å². The van der Waals surface area contributed by atoms with Crippen molar-refractivity contribution in [2.24, 2.45) is 10.1 Å². The Labute approximate surface area is 91.1 Å². The van der Waals surface area contributed by atoms with Gasteiger partial charge in [-0.1, -0.05) is 25.1 Å². The first kappa shape index (κ1) is 11.4. The van der Waals surface area contributed by atoms with Gasteiger partial charge in [0.15, 0.2) is 0 Å². The van der Waals surface area contributed by atoms with Crippen LogP contribution < -0.4 is 5.01 Å². The van der Waals surface area contributed by atoms with Gasteiger partial charge in [0.25, 0.3) is 0 Å². The molecule has 0 radical (unpaired) electrons. The predicted molar refractivity (Wildman–Crippen MR) is 66.7 cm³/mol. The largest absolute Gasteiger partial charge is 0.271 e. The van der Waals surface area contributed by atoms with E-state index in [-0.39, 0.29) is 0 Å². The fraction of sp³-hybridized carbons (Fsp3) is 0.333. The number of hydrogen-bond acceptors (Lipinski definition) is 2. The fourth-order valence-electron chi connectivity index (χ4n) is 1.39. The molecule has 0 aliphatic carbocycles. The number of aliphatic imine (C=N–C) groups is 1. The normalized spacial score (nSPS) is 11.2. The van der Waals surface area contributed by atoms with Crippen LogP contribution in [0.4, 0.5) is 5.69 Å². The van der Waals surface area contributed by atoms with Crippen molar-refractivity contribution in [1.82, 2.24) is 0 Å². The topological polar surface area (TPSA) is 28.0 Å². The van der Waals surface area contributed by atoms with E-state index in [1.54, 1.807) is 5.01 Å². The van der Waals surface area contributed by atoms with Crippen molar-refractivity contribution in [1.29, 1.82) is 0 Å². The molecule has 0 saturated carbocycles. The highest BCUT2D eigenvalue weighted by atomic mass is 15.5. The molecule has 0 aliphatic rings. The Morgan fingerprint density at radius 1 is 1.27 bits per heavy atom. The number of rotatable bonds is 4. The van der Waals surface area contributed by atoms with Crippen LogP contribution in [0, 0.1) is 0 Å². The van der Waals surface area contributed by atoms with Crippen LogP contribution >= 0.6 is 0 Å². The molecule has 0 unspecified atom stereocenters. The summed E-state index contributed by atoms with van der Waals surface area (Å²) >= 11 is 0. The van der Waals surface area contributed by atoms with Crippen molar-refractivity contribution >= 4 is 18.2 Å². The molecule has 0 aromatic heterocycles.